The van der Waals surface area contributed by atoms with Gasteiger partial charge in [-0.3, -0.25) is 15.0 Å². The van der Waals surface area contributed by atoms with E-state index in [-0.39, 0.29) is 6.10 Å². The Balaban J connectivity index is 1.50. The van der Waals surface area contributed by atoms with Gasteiger partial charge in [0.25, 0.3) is 0 Å². The minimum atomic E-state index is 0.141. The number of fused-ring (bicyclic) bond motifs is 1. The highest BCUT2D eigenvalue weighted by Gasteiger charge is 2.25. The van der Waals surface area contributed by atoms with E-state index in [1.807, 2.05) is 25.4 Å². The Morgan fingerprint density at radius 1 is 1.04 bits per heavy atom. The molecule has 3 aromatic rings. The van der Waals surface area contributed by atoms with Gasteiger partial charge < -0.3 is 4.74 Å². The van der Waals surface area contributed by atoms with Crippen LogP contribution in [0.15, 0.2) is 36.9 Å². The lowest BCUT2D eigenvalue weighted by atomic mass is 9.85. The lowest BCUT2D eigenvalue weighted by Crippen LogP contribution is -2.24. The van der Waals surface area contributed by atoms with Crippen LogP contribution in [0.4, 0.5) is 0 Å². The van der Waals surface area contributed by atoms with Gasteiger partial charge in [0.15, 0.2) is 0 Å². The average Bonchev–Trinajstić information content (AvgIpc) is 2.64. The molecule has 3 aromatic heterocycles. The van der Waals surface area contributed by atoms with E-state index in [0.29, 0.717) is 17.0 Å². The minimum Gasteiger partial charge on any atom is -0.474 e. The smallest absolute Gasteiger partial charge is 0.224 e. The summed E-state index contributed by atoms with van der Waals surface area (Å²) >= 11 is 6.14. The highest BCUT2D eigenvalue weighted by atomic mass is 35.5. The number of nitrogens with zero attached hydrogens (tertiary/aromatic N) is 4. The van der Waals surface area contributed by atoms with Crippen molar-refractivity contribution in [2.75, 3.05) is 0 Å². The van der Waals surface area contributed by atoms with Gasteiger partial charge in [-0.05, 0) is 44.2 Å². The predicted octanol–water partition coefficient (Wildman–Crippen LogP) is 4.49. The molecule has 4 rings (SSSR count). The Bertz CT molecular complexity index is 879. The van der Waals surface area contributed by atoms with Crippen LogP contribution in [0.1, 0.15) is 42.9 Å². The number of aryl methyl sites for hydroxylation is 1. The van der Waals surface area contributed by atoms with E-state index in [0.717, 1.165) is 47.8 Å². The number of hydrogen-bond acceptors (Lipinski definition) is 5. The Hall–Kier alpha value is -2.27. The Morgan fingerprint density at radius 3 is 2.64 bits per heavy atom. The summed E-state index contributed by atoms with van der Waals surface area (Å²) in [5.41, 5.74) is 2.97. The zero-order valence-corrected chi connectivity index (χ0v) is 14.8. The molecule has 128 valence electrons. The molecule has 0 bridgehead atoms. The average molecular weight is 355 g/mol. The first kappa shape index (κ1) is 16.2. The van der Waals surface area contributed by atoms with E-state index in [4.69, 9.17) is 16.3 Å². The third-order valence-corrected chi connectivity index (χ3v) is 4.90. The van der Waals surface area contributed by atoms with Gasteiger partial charge in [0.05, 0.1) is 16.6 Å². The number of pyridine rings is 2. The third-order valence-electron chi connectivity index (χ3n) is 4.70. The number of aromatic nitrogens is 4. The Kier molecular flexibility index (Phi) is 4.49. The van der Waals surface area contributed by atoms with Gasteiger partial charge in [0.2, 0.25) is 5.88 Å². The second-order valence-corrected chi connectivity index (χ2v) is 6.94. The molecular formula is C19H19ClN4O. The molecule has 0 unspecified atom stereocenters. The van der Waals surface area contributed by atoms with E-state index >= 15 is 0 Å². The van der Waals surface area contributed by atoms with Crippen LogP contribution in [0.5, 0.6) is 5.88 Å². The maximum atomic E-state index is 6.22. The van der Waals surface area contributed by atoms with E-state index in [9.17, 15) is 0 Å². The standard InChI is InChI=1S/C19H19ClN4O/c1-12-8-15-16(23-10-12)9-18(20)24-19(15)25-14-4-2-13(3-5-14)17-11-21-6-7-22-17/h6-11,13-14H,2-5H2,1H3. The fourth-order valence-corrected chi connectivity index (χ4v) is 3.59. The van der Waals surface area contributed by atoms with Gasteiger partial charge in [-0.2, -0.15) is 0 Å². The normalized spacial score (nSPS) is 20.6. The highest BCUT2D eigenvalue weighted by Crippen LogP contribution is 2.35. The summed E-state index contributed by atoms with van der Waals surface area (Å²) in [5, 5.41) is 1.33. The second-order valence-electron chi connectivity index (χ2n) is 6.55. The molecule has 0 saturated heterocycles. The maximum absolute atomic E-state index is 6.22. The van der Waals surface area contributed by atoms with Crippen molar-refractivity contribution in [2.24, 2.45) is 0 Å². The van der Waals surface area contributed by atoms with Gasteiger partial charge >= 0.3 is 0 Å². The van der Waals surface area contributed by atoms with Crippen molar-refractivity contribution in [1.82, 2.24) is 19.9 Å². The van der Waals surface area contributed by atoms with Crippen molar-refractivity contribution in [3.05, 3.63) is 53.3 Å². The minimum absolute atomic E-state index is 0.141. The molecule has 1 aliphatic carbocycles. The van der Waals surface area contributed by atoms with Gasteiger partial charge in [-0.1, -0.05) is 11.6 Å². The zero-order chi connectivity index (χ0) is 17.2. The predicted molar refractivity (Wildman–Crippen MR) is 96.9 cm³/mol. The van der Waals surface area contributed by atoms with Gasteiger partial charge in [0, 0.05) is 36.8 Å². The molecule has 0 aromatic carbocycles. The highest BCUT2D eigenvalue weighted by molar-refractivity contribution is 6.30. The van der Waals surface area contributed by atoms with Crippen LogP contribution in [-0.4, -0.2) is 26.0 Å². The Morgan fingerprint density at radius 2 is 1.88 bits per heavy atom. The van der Waals surface area contributed by atoms with Crippen LogP contribution in [0.25, 0.3) is 10.9 Å². The lowest BCUT2D eigenvalue weighted by Gasteiger charge is -2.28. The van der Waals surface area contributed by atoms with E-state index in [1.165, 1.54) is 0 Å². The SMILES string of the molecule is Cc1cnc2cc(Cl)nc(OC3CCC(c4cnccn4)CC3)c2c1. The molecule has 0 atom stereocenters. The Labute approximate surface area is 151 Å². The van der Waals surface area contributed by atoms with Gasteiger partial charge in [-0.15, -0.1) is 0 Å². The van der Waals surface area contributed by atoms with Crippen LogP contribution in [0.2, 0.25) is 5.15 Å². The lowest BCUT2D eigenvalue weighted by molar-refractivity contribution is 0.142. The van der Waals surface area contributed by atoms with Crippen LogP contribution < -0.4 is 4.74 Å². The summed E-state index contributed by atoms with van der Waals surface area (Å²) in [6.07, 6.45) is 11.3. The van der Waals surface area contributed by atoms with E-state index in [1.54, 1.807) is 18.5 Å². The molecule has 0 amide bonds. The molecule has 0 spiro atoms. The van der Waals surface area contributed by atoms with Crippen molar-refractivity contribution in [3.63, 3.8) is 0 Å². The second kappa shape index (κ2) is 6.92. The quantitative estimate of drug-likeness (QED) is 0.648. The van der Waals surface area contributed by atoms with Crippen molar-refractivity contribution in [2.45, 2.75) is 44.6 Å². The number of hydrogen-bond donors (Lipinski definition) is 0. The summed E-state index contributed by atoms with van der Waals surface area (Å²) in [7, 11) is 0. The molecule has 3 heterocycles. The number of halogens is 1. The topological polar surface area (TPSA) is 60.8 Å². The first-order chi connectivity index (χ1) is 12.2. The van der Waals surface area contributed by atoms with Crippen molar-refractivity contribution in [1.29, 1.82) is 0 Å². The molecule has 1 aliphatic rings. The van der Waals surface area contributed by atoms with Crippen molar-refractivity contribution in [3.8, 4) is 5.88 Å². The summed E-state index contributed by atoms with van der Waals surface area (Å²) in [5.74, 6) is 1.04. The molecular weight excluding hydrogens is 336 g/mol. The summed E-state index contributed by atoms with van der Waals surface area (Å²) in [4.78, 5) is 17.4. The third kappa shape index (κ3) is 3.56. The van der Waals surface area contributed by atoms with Crippen LogP contribution >= 0.6 is 11.6 Å². The fourth-order valence-electron chi connectivity index (χ4n) is 3.41. The van der Waals surface area contributed by atoms with E-state index in [2.05, 4.69) is 19.9 Å². The molecule has 25 heavy (non-hydrogen) atoms. The maximum Gasteiger partial charge on any atom is 0.224 e. The van der Waals surface area contributed by atoms with E-state index < -0.39 is 0 Å². The van der Waals surface area contributed by atoms with Gasteiger partial charge in [-0.25, -0.2) is 4.98 Å². The first-order valence-electron chi connectivity index (χ1n) is 8.54. The summed E-state index contributed by atoms with van der Waals surface area (Å²) in [6, 6.07) is 3.82. The summed E-state index contributed by atoms with van der Waals surface area (Å²) < 4.78 is 6.22. The molecule has 6 heteroatoms. The molecule has 1 saturated carbocycles. The molecule has 0 radical (unpaired) electrons. The largest absolute Gasteiger partial charge is 0.474 e. The summed E-state index contributed by atoms with van der Waals surface area (Å²) in [6.45, 7) is 2.01. The van der Waals surface area contributed by atoms with Gasteiger partial charge in [0.1, 0.15) is 11.3 Å². The molecule has 5 nitrogen and oxygen atoms in total. The first-order valence-corrected chi connectivity index (χ1v) is 8.92. The molecule has 1 fully saturated rings. The molecule has 0 N–H and O–H groups in total. The van der Waals surface area contributed by atoms with Crippen molar-refractivity contribution < 1.29 is 4.74 Å². The van der Waals surface area contributed by atoms with Crippen LogP contribution in [-0.2, 0) is 0 Å². The van der Waals surface area contributed by atoms with Crippen molar-refractivity contribution >= 4 is 22.5 Å². The van der Waals surface area contributed by atoms with Crippen LogP contribution in [0.3, 0.4) is 0 Å². The molecule has 0 aliphatic heterocycles. The zero-order valence-electron chi connectivity index (χ0n) is 14.0. The monoisotopic (exact) mass is 354 g/mol. The van der Waals surface area contributed by atoms with Crippen LogP contribution in [0, 0.1) is 6.92 Å². The fraction of sp³-hybridized carbons (Fsp3) is 0.368. The number of rotatable bonds is 3. The number of ether oxygens (including phenoxy) is 1.